The van der Waals surface area contributed by atoms with Crippen molar-refractivity contribution in [2.45, 2.75) is 18.9 Å². The molecule has 0 unspecified atom stereocenters. The standard InChI is InChI=1S/C13H19N3O2/c1-15(2)10-5-8-16(9-6-10)13(18)12-11(17)4-3-7-14-12/h3-4,7,10,17H,5-6,8-9H2,1-2H3. The maximum atomic E-state index is 12.2. The predicted octanol–water partition coefficient (Wildman–Crippen LogP) is 0.953. The smallest absolute Gasteiger partial charge is 0.276 e. The number of aromatic hydroxyl groups is 1. The van der Waals surface area contributed by atoms with Gasteiger partial charge in [-0.25, -0.2) is 4.98 Å². The van der Waals surface area contributed by atoms with Gasteiger partial charge in [0, 0.05) is 25.3 Å². The first kappa shape index (κ1) is 12.8. The largest absolute Gasteiger partial charge is 0.505 e. The van der Waals surface area contributed by atoms with E-state index in [-0.39, 0.29) is 17.4 Å². The number of rotatable bonds is 2. The summed E-state index contributed by atoms with van der Waals surface area (Å²) in [6.45, 7) is 1.44. The summed E-state index contributed by atoms with van der Waals surface area (Å²) in [6, 6.07) is 3.64. The molecular weight excluding hydrogens is 230 g/mol. The second-order valence-electron chi connectivity index (χ2n) is 4.86. The molecule has 1 aliphatic rings. The van der Waals surface area contributed by atoms with Crippen LogP contribution < -0.4 is 0 Å². The maximum absolute atomic E-state index is 12.2. The van der Waals surface area contributed by atoms with E-state index in [4.69, 9.17) is 0 Å². The number of hydrogen-bond donors (Lipinski definition) is 1. The van der Waals surface area contributed by atoms with Gasteiger partial charge in [-0.15, -0.1) is 0 Å². The van der Waals surface area contributed by atoms with Crippen molar-refractivity contribution in [2.75, 3.05) is 27.2 Å². The van der Waals surface area contributed by atoms with Gasteiger partial charge in [0.2, 0.25) is 0 Å². The second kappa shape index (κ2) is 5.35. The fraction of sp³-hybridized carbons (Fsp3) is 0.538. The van der Waals surface area contributed by atoms with E-state index in [1.807, 2.05) is 0 Å². The molecule has 0 aromatic carbocycles. The summed E-state index contributed by atoms with van der Waals surface area (Å²) in [5, 5.41) is 9.63. The molecule has 18 heavy (non-hydrogen) atoms. The Morgan fingerprint density at radius 2 is 2.11 bits per heavy atom. The Kier molecular flexibility index (Phi) is 3.81. The molecule has 0 radical (unpaired) electrons. The monoisotopic (exact) mass is 249 g/mol. The topological polar surface area (TPSA) is 56.7 Å². The first-order chi connectivity index (χ1) is 8.59. The minimum Gasteiger partial charge on any atom is -0.505 e. The Balaban J connectivity index is 2.02. The summed E-state index contributed by atoms with van der Waals surface area (Å²) in [4.78, 5) is 20.1. The quantitative estimate of drug-likeness (QED) is 0.848. The summed E-state index contributed by atoms with van der Waals surface area (Å²) in [5.74, 6) is -0.220. The lowest BCUT2D eigenvalue weighted by Gasteiger charge is -2.35. The molecule has 1 aliphatic heterocycles. The SMILES string of the molecule is CN(C)C1CCN(C(=O)c2ncccc2O)CC1. The third kappa shape index (κ3) is 2.61. The molecule has 2 heterocycles. The second-order valence-corrected chi connectivity index (χ2v) is 4.86. The van der Waals surface area contributed by atoms with Crippen molar-refractivity contribution in [3.63, 3.8) is 0 Å². The zero-order chi connectivity index (χ0) is 13.1. The van der Waals surface area contributed by atoms with Gasteiger partial charge in [0.25, 0.3) is 5.91 Å². The molecule has 1 aromatic heterocycles. The number of carbonyl (C=O) groups is 1. The lowest BCUT2D eigenvalue weighted by Crippen LogP contribution is -2.44. The maximum Gasteiger partial charge on any atom is 0.276 e. The van der Waals surface area contributed by atoms with Crippen LogP contribution in [0.1, 0.15) is 23.3 Å². The van der Waals surface area contributed by atoms with Crippen LogP contribution in [0.4, 0.5) is 0 Å². The number of nitrogens with zero attached hydrogens (tertiary/aromatic N) is 3. The fourth-order valence-electron chi connectivity index (χ4n) is 2.30. The number of hydrogen-bond acceptors (Lipinski definition) is 4. The summed E-state index contributed by atoms with van der Waals surface area (Å²) >= 11 is 0. The predicted molar refractivity (Wildman–Crippen MR) is 68.5 cm³/mol. The molecule has 1 aromatic rings. The average Bonchev–Trinajstić information content (AvgIpc) is 2.38. The van der Waals surface area contributed by atoms with E-state index in [0.717, 1.165) is 25.9 Å². The Bertz CT molecular complexity index is 426. The van der Waals surface area contributed by atoms with E-state index in [0.29, 0.717) is 6.04 Å². The Hall–Kier alpha value is -1.62. The van der Waals surface area contributed by atoms with E-state index in [9.17, 15) is 9.90 Å². The molecule has 0 spiro atoms. The van der Waals surface area contributed by atoms with Crippen molar-refractivity contribution in [1.82, 2.24) is 14.8 Å². The van der Waals surface area contributed by atoms with Crippen LogP contribution in [0.25, 0.3) is 0 Å². The van der Waals surface area contributed by atoms with Crippen LogP contribution in [0, 0.1) is 0 Å². The molecule has 5 heteroatoms. The van der Waals surface area contributed by atoms with Gasteiger partial charge >= 0.3 is 0 Å². The van der Waals surface area contributed by atoms with Crippen LogP contribution in [-0.4, -0.2) is 59.0 Å². The summed E-state index contributed by atoms with van der Waals surface area (Å²) in [5.41, 5.74) is 0.154. The van der Waals surface area contributed by atoms with Gasteiger partial charge < -0.3 is 14.9 Å². The molecule has 0 aliphatic carbocycles. The summed E-state index contributed by atoms with van der Waals surface area (Å²) in [7, 11) is 4.12. The molecule has 0 bridgehead atoms. The lowest BCUT2D eigenvalue weighted by molar-refractivity contribution is 0.0654. The third-order valence-electron chi connectivity index (χ3n) is 3.47. The van der Waals surface area contributed by atoms with E-state index < -0.39 is 0 Å². The van der Waals surface area contributed by atoms with Crippen molar-refractivity contribution >= 4 is 5.91 Å². The van der Waals surface area contributed by atoms with Crippen molar-refractivity contribution in [2.24, 2.45) is 0 Å². The van der Waals surface area contributed by atoms with Crippen molar-refractivity contribution in [3.8, 4) is 5.75 Å². The van der Waals surface area contributed by atoms with Gasteiger partial charge in [-0.05, 0) is 39.1 Å². The van der Waals surface area contributed by atoms with Gasteiger partial charge in [0.05, 0.1) is 0 Å². The highest BCUT2D eigenvalue weighted by molar-refractivity contribution is 5.94. The number of carbonyl (C=O) groups excluding carboxylic acids is 1. The van der Waals surface area contributed by atoms with Crippen LogP contribution in [0.2, 0.25) is 0 Å². The van der Waals surface area contributed by atoms with Gasteiger partial charge in [0.1, 0.15) is 5.75 Å². The molecule has 0 atom stereocenters. The van der Waals surface area contributed by atoms with Crippen LogP contribution >= 0.6 is 0 Å². The van der Waals surface area contributed by atoms with E-state index >= 15 is 0 Å². The van der Waals surface area contributed by atoms with Crippen LogP contribution in [-0.2, 0) is 0 Å². The van der Waals surface area contributed by atoms with E-state index in [1.54, 1.807) is 11.0 Å². The lowest BCUT2D eigenvalue weighted by atomic mass is 10.0. The molecule has 0 saturated carbocycles. The zero-order valence-corrected chi connectivity index (χ0v) is 10.8. The average molecular weight is 249 g/mol. The van der Waals surface area contributed by atoms with E-state index in [1.165, 1.54) is 12.3 Å². The molecule has 98 valence electrons. The van der Waals surface area contributed by atoms with Gasteiger partial charge in [-0.3, -0.25) is 4.79 Å². The summed E-state index contributed by atoms with van der Waals surface area (Å²) < 4.78 is 0. The Morgan fingerprint density at radius 1 is 1.44 bits per heavy atom. The van der Waals surface area contributed by atoms with Crippen LogP contribution in [0.5, 0.6) is 5.75 Å². The Morgan fingerprint density at radius 3 is 2.67 bits per heavy atom. The molecule has 1 amide bonds. The highest BCUT2D eigenvalue weighted by Crippen LogP contribution is 2.19. The van der Waals surface area contributed by atoms with Gasteiger partial charge in [-0.2, -0.15) is 0 Å². The van der Waals surface area contributed by atoms with Gasteiger partial charge in [0.15, 0.2) is 5.69 Å². The molecule has 5 nitrogen and oxygen atoms in total. The normalized spacial score (nSPS) is 17.2. The number of piperidine rings is 1. The minimum absolute atomic E-state index is 0.0442. The Labute approximate surface area is 107 Å². The first-order valence-electron chi connectivity index (χ1n) is 6.19. The zero-order valence-electron chi connectivity index (χ0n) is 10.8. The fourth-order valence-corrected chi connectivity index (χ4v) is 2.30. The van der Waals surface area contributed by atoms with Gasteiger partial charge in [-0.1, -0.05) is 0 Å². The van der Waals surface area contributed by atoms with E-state index in [2.05, 4.69) is 24.0 Å². The number of pyridine rings is 1. The van der Waals surface area contributed by atoms with Crippen molar-refractivity contribution in [1.29, 1.82) is 0 Å². The van der Waals surface area contributed by atoms with Crippen molar-refractivity contribution in [3.05, 3.63) is 24.0 Å². The number of likely N-dealkylation sites (tertiary alicyclic amines) is 1. The van der Waals surface area contributed by atoms with Crippen molar-refractivity contribution < 1.29 is 9.90 Å². The molecule has 2 rings (SSSR count). The first-order valence-corrected chi connectivity index (χ1v) is 6.19. The number of amides is 1. The molecule has 1 fully saturated rings. The third-order valence-corrected chi connectivity index (χ3v) is 3.47. The molecule has 1 N–H and O–H groups in total. The molecular formula is C13H19N3O2. The summed E-state index contributed by atoms with van der Waals surface area (Å²) in [6.07, 6.45) is 3.46. The minimum atomic E-state index is -0.176. The highest BCUT2D eigenvalue weighted by atomic mass is 16.3. The van der Waals surface area contributed by atoms with Crippen LogP contribution in [0.15, 0.2) is 18.3 Å². The number of aromatic nitrogens is 1. The van der Waals surface area contributed by atoms with Crippen LogP contribution in [0.3, 0.4) is 0 Å². The molecule has 1 saturated heterocycles. The highest BCUT2D eigenvalue weighted by Gasteiger charge is 2.26.